The molecule has 1 heterocycles. The van der Waals surface area contributed by atoms with E-state index in [1.165, 1.54) is 0 Å². The molecule has 6 heteroatoms. The van der Waals surface area contributed by atoms with E-state index in [1.54, 1.807) is 4.68 Å². The van der Waals surface area contributed by atoms with E-state index in [4.69, 9.17) is 5.73 Å². The van der Waals surface area contributed by atoms with Crippen LogP contribution in [0.4, 0.5) is 5.69 Å². The first-order valence-electron chi connectivity index (χ1n) is 5.44. The van der Waals surface area contributed by atoms with Crippen LogP contribution >= 0.6 is 12.4 Å². The van der Waals surface area contributed by atoms with Crippen LogP contribution in [-0.4, -0.2) is 20.2 Å². The van der Waals surface area contributed by atoms with Gasteiger partial charge in [0, 0.05) is 12.1 Å². The molecule has 1 aromatic carbocycles. The smallest absolute Gasteiger partial charge is 0.156 e. The molecule has 0 atom stereocenters. The molecule has 2 aromatic rings. The molecule has 2 rings (SSSR count). The maximum absolute atomic E-state index is 5.73. The van der Waals surface area contributed by atoms with Gasteiger partial charge < -0.3 is 5.73 Å². The van der Waals surface area contributed by atoms with Crippen molar-refractivity contribution < 1.29 is 0 Å². The average Bonchev–Trinajstić information content (AvgIpc) is 2.74. The highest BCUT2D eigenvalue weighted by Crippen LogP contribution is 2.12. The van der Waals surface area contributed by atoms with Gasteiger partial charge in [-0.3, -0.25) is 0 Å². The molecule has 92 valence electrons. The third-order valence-corrected chi connectivity index (χ3v) is 2.40. The van der Waals surface area contributed by atoms with Crippen molar-refractivity contribution in [1.29, 1.82) is 0 Å². The molecule has 0 bridgehead atoms. The number of aromatic nitrogens is 4. The van der Waals surface area contributed by atoms with Gasteiger partial charge in [-0.1, -0.05) is 19.4 Å². The summed E-state index contributed by atoms with van der Waals surface area (Å²) < 4.78 is 1.74. The molecule has 0 saturated carbocycles. The van der Waals surface area contributed by atoms with E-state index < -0.39 is 0 Å². The van der Waals surface area contributed by atoms with Crippen LogP contribution in [0, 0.1) is 0 Å². The second-order valence-corrected chi connectivity index (χ2v) is 3.71. The van der Waals surface area contributed by atoms with Crippen molar-refractivity contribution >= 4 is 18.1 Å². The third-order valence-electron chi connectivity index (χ3n) is 2.40. The van der Waals surface area contributed by atoms with Crippen molar-refractivity contribution in [2.45, 2.75) is 26.2 Å². The van der Waals surface area contributed by atoms with Gasteiger partial charge in [-0.2, -0.15) is 4.68 Å². The second kappa shape index (κ2) is 6.20. The number of tetrazole rings is 1. The van der Waals surface area contributed by atoms with E-state index in [2.05, 4.69) is 22.4 Å². The van der Waals surface area contributed by atoms with Gasteiger partial charge in [0.25, 0.3) is 0 Å². The number of nitrogens with zero attached hydrogens (tertiary/aromatic N) is 4. The molecule has 0 fully saturated rings. The fourth-order valence-corrected chi connectivity index (χ4v) is 1.55. The maximum Gasteiger partial charge on any atom is 0.156 e. The Hall–Kier alpha value is -1.62. The minimum atomic E-state index is 0. The fraction of sp³-hybridized carbons (Fsp3) is 0.364. The lowest BCUT2D eigenvalue weighted by Gasteiger charge is -2.04. The topological polar surface area (TPSA) is 69.6 Å². The molecule has 2 N–H and O–H groups in total. The minimum Gasteiger partial charge on any atom is -0.399 e. The number of nitrogen functional groups attached to an aromatic ring is 1. The number of unbranched alkanes of at least 4 members (excludes halogenated alkanes) is 1. The zero-order valence-corrected chi connectivity index (χ0v) is 10.5. The largest absolute Gasteiger partial charge is 0.399 e. The standard InChI is InChI=1S/C11H15N5.ClH/c1-2-3-7-11-13-14-15-16(11)10-6-4-5-9(12)8-10;/h4-6,8H,2-3,7,12H2,1H3;1H. The van der Waals surface area contributed by atoms with Gasteiger partial charge in [0.2, 0.25) is 0 Å². The van der Waals surface area contributed by atoms with Crippen LogP contribution < -0.4 is 5.73 Å². The Morgan fingerprint density at radius 2 is 2.18 bits per heavy atom. The summed E-state index contributed by atoms with van der Waals surface area (Å²) in [6.45, 7) is 2.15. The lowest BCUT2D eigenvalue weighted by atomic mass is 10.2. The van der Waals surface area contributed by atoms with Gasteiger partial charge in [-0.25, -0.2) is 0 Å². The molecule has 0 aliphatic carbocycles. The van der Waals surface area contributed by atoms with Gasteiger partial charge in [0.1, 0.15) is 0 Å². The summed E-state index contributed by atoms with van der Waals surface area (Å²) in [6, 6.07) is 7.56. The highest BCUT2D eigenvalue weighted by atomic mass is 35.5. The molecule has 0 unspecified atom stereocenters. The van der Waals surface area contributed by atoms with Crippen LogP contribution in [0.3, 0.4) is 0 Å². The molecule has 5 nitrogen and oxygen atoms in total. The predicted molar refractivity (Wildman–Crippen MR) is 69.4 cm³/mol. The van der Waals surface area contributed by atoms with Crippen molar-refractivity contribution in [3.63, 3.8) is 0 Å². The van der Waals surface area contributed by atoms with Crippen LogP contribution in [0.1, 0.15) is 25.6 Å². The summed E-state index contributed by atoms with van der Waals surface area (Å²) in [5, 5.41) is 11.7. The molecule has 0 saturated heterocycles. The zero-order valence-electron chi connectivity index (χ0n) is 9.71. The summed E-state index contributed by atoms with van der Waals surface area (Å²) >= 11 is 0. The first-order chi connectivity index (χ1) is 7.81. The number of benzene rings is 1. The van der Waals surface area contributed by atoms with E-state index in [0.717, 1.165) is 36.5 Å². The van der Waals surface area contributed by atoms with Crippen molar-refractivity contribution in [2.75, 3.05) is 5.73 Å². The molecule has 0 spiro atoms. The van der Waals surface area contributed by atoms with Crippen LogP contribution in [0.25, 0.3) is 5.69 Å². The quantitative estimate of drug-likeness (QED) is 0.847. The molecular weight excluding hydrogens is 238 g/mol. The summed E-state index contributed by atoms with van der Waals surface area (Å²) in [5.74, 6) is 0.882. The van der Waals surface area contributed by atoms with Gasteiger partial charge in [-0.05, 0) is 35.0 Å². The lowest BCUT2D eigenvalue weighted by Crippen LogP contribution is -2.03. The lowest BCUT2D eigenvalue weighted by molar-refractivity contribution is 0.711. The maximum atomic E-state index is 5.73. The Morgan fingerprint density at radius 1 is 1.35 bits per heavy atom. The molecule has 0 amide bonds. The van der Waals surface area contributed by atoms with Crippen LogP contribution in [0.15, 0.2) is 24.3 Å². The molecule has 0 radical (unpaired) electrons. The van der Waals surface area contributed by atoms with Crippen LogP contribution in [0.5, 0.6) is 0 Å². The normalized spacial score (nSPS) is 9.94. The highest BCUT2D eigenvalue weighted by Gasteiger charge is 2.07. The van der Waals surface area contributed by atoms with Crippen molar-refractivity contribution in [1.82, 2.24) is 20.2 Å². The van der Waals surface area contributed by atoms with E-state index in [9.17, 15) is 0 Å². The Morgan fingerprint density at radius 3 is 2.88 bits per heavy atom. The molecule has 0 aliphatic rings. The molecule has 17 heavy (non-hydrogen) atoms. The zero-order chi connectivity index (χ0) is 11.4. The van der Waals surface area contributed by atoms with Gasteiger partial charge in [0.15, 0.2) is 5.82 Å². The molecular formula is C11H16ClN5. The fourth-order valence-electron chi connectivity index (χ4n) is 1.55. The third kappa shape index (κ3) is 3.17. The number of nitrogens with two attached hydrogens (primary N) is 1. The molecule has 0 aliphatic heterocycles. The minimum absolute atomic E-state index is 0. The number of hydrogen-bond donors (Lipinski definition) is 1. The highest BCUT2D eigenvalue weighted by molar-refractivity contribution is 5.85. The molecule has 1 aromatic heterocycles. The van der Waals surface area contributed by atoms with Gasteiger partial charge in [-0.15, -0.1) is 17.5 Å². The van der Waals surface area contributed by atoms with Gasteiger partial charge >= 0.3 is 0 Å². The van der Waals surface area contributed by atoms with Crippen LogP contribution in [0.2, 0.25) is 0 Å². The van der Waals surface area contributed by atoms with E-state index in [0.29, 0.717) is 0 Å². The Bertz CT molecular complexity index is 468. The average molecular weight is 254 g/mol. The van der Waals surface area contributed by atoms with Crippen LogP contribution in [-0.2, 0) is 6.42 Å². The van der Waals surface area contributed by atoms with E-state index in [-0.39, 0.29) is 12.4 Å². The number of halogens is 1. The van der Waals surface area contributed by atoms with Crippen molar-refractivity contribution in [2.24, 2.45) is 0 Å². The summed E-state index contributed by atoms with van der Waals surface area (Å²) in [5.41, 5.74) is 7.36. The summed E-state index contributed by atoms with van der Waals surface area (Å²) in [4.78, 5) is 0. The number of aryl methyl sites for hydroxylation is 1. The monoisotopic (exact) mass is 253 g/mol. The second-order valence-electron chi connectivity index (χ2n) is 3.71. The van der Waals surface area contributed by atoms with Gasteiger partial charge in [0.05, 0.1) is 5.69 Å². The predicted octanol–water partition coefficient (Wildman–Crippen LogP) is 2.01. The van der Waals surface area contributed by atoms with Crippen molar-refractivity contribution in [3.05, 3.63) is 30.1 Å². The first-order valence-corrected chi connectivity index (χ1v) is 5.44. The van der Waals surface area contributed by atoms with E-state index in [1.807, 2.05) is 24.3 Å². The number of hydrogen-bond acceptors (Lipinski definition) is 4. The number of rotatable bonds is 4. The Kier molecular flexibility index (Phi) is 4.90. The first kappa shape index (κ1) is 13.4. The number of anilines is 1. The SMILES string of the molecule is CCCCc1nnnn1-c1cccc(N)c1.Cl. The Balaban J connectivity index is 0.00000144. The Labute approximate surface area is 106 Å². The summed E-state index contributed by atoms with van der Waals surface area (Å²) in [6.07, 6.45) is 3.10. The van der Waals surface area contributed by atoms with Crippen molar-refractivity contribution in [3.8, 4) is 5.69 Å². The van der Waals surface area contributed by atoms with E-state index >= 15 is 0 Å². The summed E-state index contributed by atoms with van der Waals surface area (Å²) in [7, 11) is 0.